The second-order valence-corrected chi connectivity index (χ2v) is 10.0. The molecule has 0 radical (unpaired) electrons. The molecule has 0 aliphatic carbocycles. The van der Waals surface area contributed by atoms with Gasteiger partial charge in [0.15, 0.2) is 0 Å². The highest BCUT2D eigenvalue weighted by Crippen LogP contribution is 2.36. The van der Waals surface area contributed by atoms with Gasteiger partial charge >= 0.3 is 0 Å². The van der Waals surface area contributed by atoms with Crippen LogP contribution in [-0.4, -0.2) is 54.8 Å². The molecule has 162 valence electrons. The van der Waals surface area contributed by atoms with E-state index < -0.39 is 21.9 Å². The first-order chi connectivity index (χ1) is 14.3. The highest BCUT2D eigenvalue weighted by Gasteiger charge is 2.37. The Bertz CT molecular complexity index is 1040. The van der Waals surface area contributed by atoms with Crippen LogP contribution in [0.4, 0.5) is 10.2 Å². The molecule has 1 fully saturated rings. The number of hydrogen-bond donors (Lipinski definition) is 1. The molecule has 7 nitrogen and oxygen atoms in total. The maximum absolute atomic E-state index is 13.7. The molecule has 1 unspecified atom stereocenters. The van der Waals surface area contributed by atoms with Gasteiger partial charge in [-0.2, -0.15) is 4.31 Å². The Hall–Kier alpha value is -2.10. The minimum absolute atomic E-state index is 0.113. The van der Waals surface area contributed by atoms with Gasteiger partial charge < -0.3 is 10.2 Å². The van der Waals surface area contributed by atoms with E-state index in [2.05, 4.69) is 17.3 Å². The van der Waals surface area contributed by atoms with Gasteiger partial charge in [0, 0.05) is 38.7 Å². The van der Waals surface area contributed by atoms with E-state index in [1.54, 1.807) is 6.92 Å². The number of sulfonamides is 1. The lowest BCUT2D eigenvalue weighted by atomic mass is 10.0. The number of nitrogens with one attached hydrogen (secondary N) is 1. The van der Waals surface area contributed by atoms with Gasteiger partial charge in [0.1, 0.15) is 17.5 Å². The van der Waals surface area contributed by atoms with Gasteiger partial charge in [-0.05, 0) is 50.6 Å². The van der Waals surface area contributed by atoms with Crippen LogP contribution in [0.1, 0.15) is 47.9 Å². The summed E-state index contributed by atoms with van der Waals surface area (Å²) in [4.78, 5) is 11.9. The van der Waals surface area contributed by atoms with Crippen molar-refractivity contribution in [1.82, 2.24) is 19.2 Å². The van der Waals surface area contributed by atoms with Crippen LogP contribution < -0.4 is 5.32 Å². The molecule has 30 heavy (non-hydrogen) atoms. The lowest BCUT2D eigenvalue weighted by molar-refractivity contribution is 0.244. The maximum Gasteiger partial charge on any atom is 0.243 e. The maximum atomic E-state index is 13.7. The molecule has 1 saturated heterocycles. The van der Waals surface area contributed by atoms with E-state index in [-0.39, 0.29) is 4.90 Å². The van der Waals surface area contributed by atoms with Crippen LogP contribution in [-0.2, 0) is 23.0 Å². The number of fused-ring (bicyclic) bond motifs is 1. The van der Waals surface area contributed by atoms with Gasteiger partial charge in [-0.15, -0.1) is 0 Å². The number of nitrogens with zero attached hydrogens (tertiary/aromatic N) is 4. The third kappa shape index (κ3) is 3.81. The quantitative estimate of drug-likeness (QED) is 0.799. The Kier molecular flexibility index (Phi) is 5.78. The molecule has 1 aromatic heterocycles. The van der Waals surface area contributed by atoms with Gasteiger partial charge in [0.05, 0.1) is 16.6 Å². The molecular weight excluding hydrogens is 405 g/mol. The number of piperidine rings is 1. The first kappa shape index (κ1) is 21.1. The van der Waals surface area contributed by atoms with Gasteiger partial charge in [0.25, 0.3) is 0 Å². The molecule has 2 aliphatic rings. The van der Waals surface area contributed by atoms with Gasteiger partial charge in [-0.25, -0.2) is 22.8 Å². The second kappa shape index (κ2) is 8.20. The summed E-state index contributed by atoms with van der Waals surface area (Å²) in [5.74, 6) is 0.901. The van der Waals surface area contributed by atoms with Gasteiger partial charge in [-0.1, -0.05) is 6.42 Å². The molecule has 0 saturated carbocycles. The number of halogens is 1. The third-order valence-corrected chi connectivity index (χ3v) is 7.90. The smallest absolute Gasteiger partial charge is 0.243 e. The van der Waals surface area contributed by atoms with Crippen LogP contribution >= 0.6 is 0 Å². The number of rotatable bonds is 4. The first-order valence-electron chi connectivity index (χ1n) is 10.3. The zero-order valence-electron chi connectivity index (χ0n) is 17.7. The molecule has 0 spiro atoms. The number of anilines is 1. The SMILES string of the molecule is CNc1nc(C2CCCCN2S(=O)(=O)c2ccc(F)c(C)c2)nc2c1CN(C)CC2. The molecular formula is C21H28FN5O2S. The monoisotopic (exact) mass is 433 g/mol. The fourth-order valence-corrected chi connectivity index (χ4v) is 6.03. The lowest BCUT2D eigenvalue weighted by Gasteiger charge is -2.35. The molecule has 1 aromatic carbocycles. The Morgan fingerprint density at radius 1 is 1.20 bits per heavy atom. The Morgan fingerprint density at radius 3 is 2.73 bits per heavy atom. The van der Waals surface area contributed by atoms with Crippen molar-refractivity contribution in [2.75, 3.05) is 32.5 Å². The normalized spacial score (nSPS) is 20.7. The summed E-state index contributed by atoms with van der Waals surface area (Å²) in [6.07, 6.45) is 3.18. The first-order valence-corrected chi connectivity index (χ1v) is 11.8. The number of benzene rings is 1. The fraction of sp³-hybridized carbons (Fsp3) is 0.524. The molecule has 0 bridgehead atoms. The van der Waals surface area contributed by atoms with Crippen molar-refractivity contribution in [3.8, 4) is 0 Å². The predicted octanol–water partition coefficient (Wildman–Crippen LogP) is 2.87. The minimum Gasteiger partial charge on any atom is -0.373 e. The topological polar surface area (TPSA) is 78.4 Å². The Labute approximate surface area is 177 Å². The summed E-state index contributed by atoms with van der Waals surface area (Å²) in [5.41, 5.74) is 2.38. The number of aryl methyl sites for hydroxylation is 1. The Balaban J connectivity index is 1.75. The average molecular weight is 434 g/mol. The van der Waals surface area contributed by atoms with Crippen molar-refractivity contribution < 1.29 is 12.8 Å². The molecule has 0 amide bonds. The fourth-order valence-electron chi connectivity index (χ4n) is 4.29. The third-order valence-electron chi connectivity index (χ3n) is 5.99. The summed E-state index contributed by atoms with van der Waals surface area (Å²) in [7, 11) is 0.107. The van der Waals surface area contributed by atoms with E-state index in [9.17, 15) is 12.8 Å². The van der Waals surface area contributed by atoms with E-state index in [1.807, 2.05) is 7.05 Å². The number of aromatic nitrogens is 2. The minimum atomic E-state index is -3.79. The zero-order valence-corrected chi connectivity index (χ0v) is 18.5. The summed E-state index contributed by atoms with van der Waals surface area (Å²) >= 11 is 0. The van der Waals surface area contributed by atoms with Crippen LogP contribution in [0.15, 0.2) is 23.1 Å². The van der Waals surface area contributed by atoms with Gasteiger partial charge in [-0.3, -0.25) is 0 Å². The van der Waals surface area contributed by atoms with Crippen molar-refractivity contribution in [2.45, 2.75) is 50.1 Å². The summed E-state index contributed by atoms with van der Waals surface area (Å²) in [5, 5.41) is 3.17. The molecule has 3 heterocycles. The van der Waals surface area contributed by atoms with Crippen molar-refractivity contribution in [3.63, 3.8) is 0 Å². The molecule has 9 heteroatoms. The summed E-state index contributed by atoms with van der Waals surface area (Å²) in [6.45, 7) is 3.66. The van der Waals surface area contributed by atoms with E-state index >= 15 is 0 Å². The molecule has 1 atom stereocenters. The second-order valence-electron chi connectivity index (χ2n) is 8.13. The van der Waals surface area contributed by atoms with Crippen molar-refractivity contribution in [2.24, 2.45) is 0 Å². The van der Waals surface area contributed by atoms with Gasteiger partial charge in [0.2, 0.25) is 10.0 Å². The Morgan fingerprint density at radius 2 is 2.00 bits per heavy atom. The van der Waals surface area contributed by atoms with Crippen LogP contribution in [0, 0.1) is 12.7 Å². The van der Waals surface area contributed by atoms with Crippen LogP contribution in [0.5, 0.6) is 0 Å². The van der Waals surface area contributed by atoms with E-state index in [4.69, 9.17) is 9.97 Å². The summed E-state index contributed by atoms with van der Waals surface area (Å²) in [6, 6.07) is 3.53. The average Bonchev–Trinajstić information content (AvgIpc) is 2.74. The van der Waals surface area contributed by atoms with Crippen molar-refractivity contribution in [1.29, 1.82) is 0 Å². The van der Waals surface area contributed by atoms with Crippen LogP contribution in [0.2, 0.25) is 0 Å². The summed E-state index contributed by atoms with van der Waals surface area (Å²) < 4.78 is 42.1. The highest BCUT2D eigenvalue weighted by atomic mass is 32.2. The number of likely N-dealkylation sites (N-methyl/N-ethyl adjacent to an activating group) is 1. The van der Waals surface area contributed by atoms with Crippen LogP contribution in [0.3, 0.4) is 0 Å². The highest BCUT2D eigenvalue weighted by molar-refractivity contribution is 7.89. The molecule has 2 aromatic rings. The van der Waals surface area contributed by atoms with Crippen LogP contribution in [0.25, 0.3) is 0 Å². The molecule has 1 N–H and O–H groups in total. The van der Waals surface area contributed by atoms with Crippen molar-refractivity contribution >= 4 is 15.8 Å². The van der Waals surface area contributed by atoms with E-state index in [0.717, 1.165) is 49.4 Å². The van der Waals surface area contributed by atoms with E-state index in [0.29, 0.717) is 24.4 Å². The zero-order chi connectivity index (χ0) is 21.5. The number of hydrogen-bond acceptors (Lipinski definition) is 6. The van der Waals surface area contributed by atoms with E-state index in [1.165, 1.54) is 22.5 Å². The standard InChI is InChI=1S/C21H28FN5O2S/c1-14-12-15(7-8-17(14)22)30(28,29)27-10-5-4-6-19(27)21-24-18-9-11-26(3)13-16(18)20(23-2)25-21/h7-8,12,19H,4-6,9-11,13H2,1-3H3,(H,23,24,25). The van der Waals surface area contributed by atoms with Crippen molar-refractivity contribution in [3.05, 3.63) is 46.7 Å². The largest absolute Gasteiger partial charge is 0.373 e. The lowest BCUT2D eigenvalue weighted by Crippen LogP contribution is -2.40. The molecule has 2 aliphatic heterocycles. The predicted molar refractivity (Wildman–Crippen MR) is 113 cm³/mol. The molecule has 4 rings (SSSR count).